The van der Waals surface area contributed by atoms with Gasteiger partial charge in [0.15, 0.2) is 0 Å². The average Bonchev–Trinajstić information content (AvgIpc) is 3.45. The van der Waals surface area contributed by atoms with Crippen LogP contribution in [0.5, 0.6) is 0 Å². The van der Waals surface area contributed by atoms with E-state index >= 15 is 0 Å². The van der Waals surface area contributed by atoms with Crippen LogP contribution in [0.4, 0.5) is 11.4 Å². The number of nitrogens with zero attached hydrogens (tertiary/aromatic N) is 2. The standard InChI is InChI=1S/C24H22ClN3O3/c1-12-9-10-14-20(13(12)2)26-23(31)24(14)19-18(17-8-5-11-27(17)24)21(29)28(22(19)30)16-7-4-3-6-15(16)25/h3-4,6-7,9-10,17-19H,5,8,11H2,1-2H3,(H,26,31)/t17-,18-,19-,24+/m1/s1. The molecule has 158 valence electrons. The minimum atomic E-state index is -1.15. The topological polar surface area (TPSA) is 69.7 Å². The number of rotatable bonds is 1. The highest BCUT2D eigenvalue weighted by Gasteiger charge is 2.74. The highest BCUT2D eigenvalue weighted by molar-refractivity contribution is 6.36. The number of halogens is 1. The molecular formula is C24H22ClN3O3. The monoisotopic (exact) mass is 435 g/mol. The molecule has 4 aliphatic rings. The molecule has 3 fully saturated rings. The molecule has 7 heteroatoms. The van der Waals surface area contributed by atoms with E-state index in [0.717, 1.165) is 35.2 Å². The van der Waals surface area contributed by atoms with Crippen molar-refractivity contribution in [1.29, 1.82) is 0 Å². The van der Waals surface area contributed by atoms with Crippen molar-refractivity contribution in [2.45, 2.75) is 38.3 Å². The largest absolute Gasteiger partial charge is 0.324 e. The molecule has 0 aromatic heterocycles. The van der Waals surface area contributed by atoms with E-state index in [1.807, 2.05) is 26.0 Å². The van der Waals surface area contributed by atoms with Crippen LogP contribution in [0.2, 0.25) is 5.02 Å². The molecule has 3 saturated heterocycles. The van der Waals surface area contributed by atoms with Crippen molar-refractivity contribution in [2.75, 3.05) is 16.8 Å². The maximum Gasteiger partial charge on any atom is 0.250 e. The predicted octanol–water partition coefficient (Wildman–Crippen LogP) is 3.39. The van der Waals surface area contributed by atoms with Crippen molar-refractivity contribution in [2.24, 2.45) is 11.8 Å². The van der Waals surface area contributed by atoms with E-state index in [-0.39, 0.29) is 23.8 Å². The molecule has 0 aliphatic carbocycles. The minimum Gasteiger partial charge on any atom is -0.324 e. The third kappa shape index (κ3) is 2.10. The molecule has 0 unspecified atom stereocenters. The van der Waals surface area contributed by atoms with Gasteiger partial charge >= 0.3 is 0 Å². The fraction of sp³-hybridized carbons (Fsp3) is 0.375. The lowest BCUT2D eigenvalue weighted by atomic mass is 9.75. The molecule has 0 saturated carbocycles. The third-order valence-corrected chi connectivity index (χ3v) is 8.11. The molecule has 4 atom stereocenters. The van der Waals surface area contributed by atoms with Gasteiger partial charge in [0.05, 0.1) is 22.5 Å². The van der Waals surface area contributed by atoms with Crippen LogP contribution >= 0.6 is 11.6 Å². The second-order valence-corrected chi connectivity index (χ2v) is 9.43. The highest BCUT2D eigenvalue weighted by Crippen LogP contribution is 2.61. The van der Waals surface area contributed by atoms with Crippen LogP contribution in [0.1, 0.15) is 29.5 Å². The quantitative estimate of drug-likeness (QED) is 0.697. The molecular weight excluding hydrogens is 414 g/mol. The Kier molecular flexibility index (Phi) is 3.79. The smallest absolute Gasteiger partial charge is 0.250 e. The van der Waals surface area contributed by atoms with E-state index in [2.05, 4.69) is 10.2 Å². The molecule has 3 amide bonds. The number of para-hydroxylation sites is 1. The zero-order valence-corrected chi connectivity index (χ0v) is 18.1. The van der Waals surface area contributed by atoms with Crippen LogP contribution in [0.3, 0.4) is 0 Å². The average molecular weight is 436 g/mol. The number of nitrogens with one attached hydrogen (secondary N) is 1. The van der Waals surface area contributed by atoms with Gasteiger partial charge in [-0.15, -0.1) is 0 Å². The van der Waals surface area contributed by atoms with Crippen molar-refractivity contribution in [3.63, 3.8) is 0 Å². The maximum atomic E-state index is 13.9. The van der Waals surface area contributed by atoms with Crippen molar-refractivity contribution < 1.29 is 14.4 Å². The van der Waals surface area contributed by atoms with E-state index in [1.54, 1.807) is 24.3 Å². The first-order valence-corrected chi connectivity index (χ1v) is 11.1. The van der Waals surface area contributed by atoms with Crippen LogP contribution < -0.4 is 10.2 Å². The van der Waals surface area contributed by atoms with Crippen LogP contribution in [-0.4, -0.2) is 35.2 Å². The number of hydrogen-bond donors (Lipinski definition) is 1. The summed E-state index contributed by atoms with van der Waals surface area (Å²) in [5.74, 6) is -2.09. The Morgan fingerprint density at radius 3 is 2.61 bits per heavy atom. The van der Waals surface area contributed by atoms with Gasteiger partial charge in [0.25, 0.3) is 0 Å². The Hall–Kier alpha value is -2.70. The lowest BCUT2D eigenvalue weighted by molar-refractivity contribution is -0.135. The molecule has 4 heterocycles. The second kappa shape index (κ2) is 6.17. The summed E-state index contributed by atoms with van der Waals surface area (Å²) in [6.45, 7) is 4.69. The summed E-state index contributed by atoms with van der Waals surface area (Å²) in [5, 5.41) is 3.43. The lowest BCUT2D eigenvalue weighted by Gasteiger charge is -2.36. The summed E-state index contributed by atoms with van der Waals surface area (Å²) in [7, 11) is 0. The summed E-state index contributed by atoms with van der Waals surface area (Å²) >= 11 is 6.37. The van der Waals surface area contributed by atoms with E-state index in [1.165, 1.54) is 4.90 Å². The normalized spacial score (nSPS) is 31.4. The first-order valence-electron chi connectivity index (χ1n) is 10.7. The van der Waals surface area contributed by atoms with Crippen molar-refractivity contribution in [3.05, 3.63) is 58.1 Å². The SMILES string of the molecule is Cc1ccc2c(c1C)NC(=O)[C@@]21[C@H]2C(=O)N(c3ccccc3Cl)C(=O)[C@@H]2[C@H]2CCCN21. The molecule has 1 N–H and O–H groups in total. The van der Waals surface area contributed by atoms with E-state index in [9.17, 15) is 14.4 Å². The Labute approximate surface area is 185 Å². The molecule has 2 aromatic rings. The molecule has 1 spiro atoms. The van der Waals surface area contributed by atoms with Crippen LogP contribution in [0.25, 0.3) is 0 Å². The molecule has 2 aromatic carbocycles. The Balaban J connectivity index is 1.59. The Morgan fingerprint density at radius 1 is 1.06 bits per heavy atom. The van der Waals surface area contributed by atoms with E-state index in [0.29, 0.717) is 17.3 Å². The van der Waals surface area contributed by atoms with Gasteiger partial charge in [0.2, 0.25) is 17.7 Å². The number of imide groups is 1. The van der Waals surface area contributed by atoms with Gasteiger partial charge in [-0.05, 0) is 56.5 Å². The van der Waals surface area contributed by atoms with Crippen molar-refractivity contribution >= 4 is 40.7 Å². The number of aryl methyl sites for hydroxylation is 1. The zero-order chi connectivity index (χ0) is 21.7. The highest BCUT2D eigenvalue weighted by atomic mass is 35.5. The number of anilines is 2. The van der Waals surface area contributed by atoms with Crippen molar-refractivity contribution in [3.8, 4) is 0 Å². The number of fused-ring (bicyclic) bond motifs is 7. The zero-order valence-electron chi connectivity index (χ0n) is 17.3. The van der Waals surface area contributed by atoms with Crippen LogP contribution in [0, 0.1) is 25.7 Å². The van der Waals surface area contributed by atoms with Gasteiger partial charge in [-0.1, -0.05) is 35.9 Å². The number of carbonyl (C=O) groups is 3. The van der Waals surface area contributed by atoms with E-state index < -0.39 is 17.4 Å². The third-order valence-electron chi connectivity index (χ3n) is 7.79. The van der Waals surface area contributed by atoms with Crippen LogP contribution in [0.15, 0.2) is 36.4 Å². The summed E-state index contributed by atoms with van der Waals surface area (Å²) < 4.78 is 0. The van der Waals surface area contributed by atoms with Gasteiger partial charge in [0, 0.05) is 17.3 Å². The number of benzene rings is 2. The molecule has 31 heavy (non-hydrogen) atoms. The predicted molar refractivity (Wildman–Crippen MR) is 117 cm³/mol. The molecule has 6 rings (SSSR count). The summed E-state index contributed by atoms with van der Waals surface area (Å²) in [4.78, 5) is 44.6. The number of amides is 3. The van der Waals surface area contributed by atoms with Gasteiger partial charge in [-0.3, -0.25) is 19.3 Å². The van der Waals surface area contributed by atoms with Crippen molar-refractivity contribution in [1.82, 2.24) is 4.90 Å². The maximum absolute atomic E-state index is 13.9. The lowest BCUT2D eigenvalue weighted by Crippen LogP contribution is -2.54. The van der Waals surface area contributed by atoms with Gasteiger partial charge in [0.1, 0.15) is 5.54 Å². The number of carbonyl (C=O) groups excluding carboxylic acids is 3. The Bertz CT molecular complexity index is 1190. The minimum absolute atomic E-state index is 0.132. The fourth-order valence-electron chi connectivity index (χ4n) is 6.39. The van der Waals surface area contributed by atoms with E-state index in [4.69, 9.17) is 11.6 Å². The van der Waals surface area contributed by atoms with Gasteiger partial charge in [-0.2, -0.15) is 0 Å². The van der Waals surface area contributed by atoms with Gasteiger partial charge in [-0.25, -0.2) is 4.90 Å². The first-order chi connectivity index (χ1) is 14.9. The molecule has 0 bridgehead atoms. The summed E-state index contributed by atoms with van der Waals surface area (Å²) in [5.41, 5.74) is 2.93. The summed E-state index contributed by atoms with van der Waals surface area (Å²) in [6.07, 6.45) is 1.70. The molecule has 4 aliphatic heterocycles. The Morgan fingerprint density at radius 2 is 1.84 bits per heavy atom. The molecule has 0 radical (unpaired) electrons. The first kappa shape index (κ1) is 19.0. The molecule has 6 nitrogen and oxygen atoms in total. The number of hydrogen-bond acceptors (Lipinski definition) is 4. The van der Waals surface area contributed by atoms with Gasteiger partial charge < -0.3 is 5.32 Å². The van der Waals surface area contributed by atoms with Crippen LogP contribution in [-0.2, 0) is 19.9 Å². The fourth-order valence-corrected chi connectivity index (χ4v) is 6.61. The second-order valence-electron chi connectivity index (χ2n) is 9.02. The summed E-state index contributed by atoms with van der Waals surface area (Å²) in [6, 6.07) is 10.7.